The molecule has 0 saturated heterocycles. The van der Waals surface area contributed by atoms with Crippen molar-refractivity contribution in [1.29, 1.82) is 0 Å². The van der Waals surface area contributed by atoms with Crippen LogP contribution in [0, 0.1) is 11.8 Å². The van der Waals surface area contributed by atoms with Crippen LogP contribution < -0.4 is 21.7 Å². The van der Waals surface area contributed by atoms with E-state index in [4.69, 9.17) is 10.6 Å². The van der Waals surface area contributed by atoms with E-state index in [0.29, 0.717) is 30.7 Å². The lowest BCUT2D eigenvalue weighted by Gasteiger charge is -2.33. The van der Waals surface area contributed by atoms with Gasteiger partial charge in [0.1, 0.15) is 24.2 Å². The van der Waals surface area contributed by atoms with Crippen LogP contribution in [0.1, 0.15) is 144 Å². The number of nitrogens with one attached hydrogen (secondary N) is 3. The molecule has 7 N–H and O–H groups in total. The second-order valence-corrected chi connectivity index (χ2v) is 13.7. The van der Waals surface area contributed by atoms with Crippen molar-refractivity contribution >= 4 is 41.5 Å². The Morgan fingerprint density at radius 1 is 0.686 bits per heavy atom. The first-order valence-corrected chi connectivity index (χ1v) is 18.7. The Bertz CT molecular complexity index is 1100. The van der Waals surface area contributed by atoms with Gasteiger partial charge in [0.2, 0.25) is 23.6 Å². The summed E-state index contributed by atoms with van der Waals surface area (Å²) in [7, 11) is 0. The van der Waals surface area contributed by atoms with Crippen LogP contribution >= 0.6 is 0 Å². The van der Waals surface area contributed by atoms with Gasteiger partial charge in [-0.2, -0.15) is 0 Å². The lowest BCUT2D eigenvalue weighted by Crippen LogP contribution is -2.60. The third-order valence-corrected chi connectivity index (χ3v) is 8.58. The topological polar surface area (TPSA) is 235 Å². The molecule has 0 unspecified atom stereocenters. The molecule has 0 spiro atoms. The van der Waals surface area contributed by atoms with Gasteiger partial charge in [-0.3, -0.25) is 38.4 Å². The average molecular weight is 728 g/mol. The molecule has 0 aromatic heterocycles. The van der Waals surface area contributed by atoms with Gasteiger partial charge in [0.15, 0.2) is 0 Å². The molecular weight excluding hydrogens is 662 g/mol. The maximum absolute atomic E-state index is 14.1. The number of primary amides is 1. The number of carbonyl (C=O) groups is 7. The molecule has 0 fully saturated rings. The van der Waals surface area contributed by atoms with E-state index in [1.54, 1.807) is 20.8 Å². The molecule has 0 heterocycles. The van der Waals surface area contributed by atoms with Crippen LogP contribution in [0.15, 0.2) is 0 Å². The monoisotopic (exact) mass is 727 g/mol. The number of aliphatic carboxylic acids is 2. The zero-order chi connectivity index (χ0) is 38.9. The van der Waals surface area contributed by atoms with Gasteiger partial charge < -0.3 is 31.9 Å². The molecule has 5 amide bonds. The van der Waals surface area contributed by atoms with Crippen molar-refractivity contribution in [2.24, 2.45) is 17.6 Å². The maximum atomic E-state index is 14.1. The van der Waals surface area contributed by atoms with Crippen molar-refractivity contribution in [2.75, 3.05) is 6.61 Å². The molecule has 0 rings (SSSR count). The van der Waals surface area contributed by atoms with Crippen LogP contribution in [0.3, 0.4) is 0 Å². The van der Waals surface area contributed by atoms with E-state index in [-0.39, 0.29) is 31.3 Å². The van der Waals surface area contributed by atoms with E-state index < -0.39 is 78.5 Å². The number of rotatable bonds is 30. The van der Waals surface area contributed by atoms with Gasteiger partial charge in [0.05, 0.1) is 19.4 Å². The first-order chi connectivity index (χ1) is 24.1. The second kappa shape index (κ2) is 27.0. The summed E-state index contributed by atoms with van der Waals surface area (Å²) in [5, 5.41) is 27.6. The number of nitrogens with zero attached hydrogens (tertiary/aromatic N) is 1. The molecule has 0 aromatic carbocycles. The molecule has 5 atom stereocenters. The van der Waals surface area contributed by atoms with Crippen LogP contribution in [0.4, 0.5) is 0 Å². The molecule has 51 heavy (non-hydrogen) atoms. The number of nitrogens with two attached hydrogens (primary N) is 1. The number of hydrogen-bond acceptors (Lipinski definition) is 8. The number of amides is 5. The number of carboxylic acids is 2. The van der Waals surface area contributed by atoms with Crippen LogP contribution in [0.25, 0.3) is 0 Å². The molecule has 0 saturated carbocycles. The Labute approximate surface area is 303 Å². The predicted molar refractivity (Wildman–Crippen MR) is 192 cm³/mol. The molecule has 15 heteroatoms. The minimum atomic E-state index is -1.85. The first kappa shape index (κ1) is 47.2. The molecule has 0 aliphatic heterocycles. The third-order valence-electron chi connectivity index (χ3n) is 8.58. The summed E-state index contributed by atoms with van der Waals surface area (Å²) in [5.41, 5.74) is 5.50. The second-order valence-electron chi connectivity index (χ2n) is 13.7. The number of carboxylic acid groups (broad SMARTS) is 2. The maximum Gasteiger partial charge on any atom is 0.306 e. The summed E-state index contributed by atoms with van der Waals surface area (Å²) in [6.45, 7) is 11.2. The third kappa shape index (κ3) is 20.6. The zero-order valence-corrected chi connectivity index (χ0v) is 31.7. The molecule has 0 aliphatic carbocycles. The number of hydrogen-bond donors (Lipinski definition) is 6. The van der Waals surface area contributed by atoms with Crippen LogP contribution in [0.5, 0.6) is 0 Å². The lowest BCUT2D eigenvalue weighted by molar-refractivity contribution is -0.207. The first-order valence-electron chi connectivity index (χ1n) is 18.7. The van der Waals surface area contributed by atoms with Crippen molar-refractivity contribution in [1.82, 2.24) is 21.0 Å². The normalized spacial score (nSPS) is 14.1. The highest BCUT2D eigenvalue weighted by atomic mass is 16.7. The highest BCUT2D eigenvalue weighted by Gasteiger charge is 2.40. The van der Waals surface area contributed by atoms with E-state index in [2.05, 4.69) is 29.8 Å². The van der Waals surface area contributed by atoms with Gasteiger partial charge in [0, 0.05) is 6.42 Å². The summed E-state index contributed by atoms with van der Waals surface area (Å²) >= 11 is 0. The molecule has 0 radical (unpaired) electrons. The van der Waals surface area contributed by atoms with Crippen LogP contribution in [0.2, 0.25) is 0 Å². The van der Waals surface area contributed by atoms with Gasteiger partial charge >= 0.3 is 11.9 Å². The largest absolute Gasteiger partial charge is 0.481 e. The fraction of sp³-hybridized carbons (Fsp3) is 0.806. The Kier molecular flexibility index (Phi) is 25.0. The van der Waals surface area contributed by atoms with Crippen molar-refractivity contribution in [2.45, 2.75) is 168 Å². The fourth-order valence-electron chi connectivity index (χ4n) is 5.41. The fourth-order valence-corrected chi connectivity index (χ4v) is 5.41. The molecule has 15 nitrogen and oxygen atoms in total. The number of unbranched alkanes of at least 4 members (excludes halogenated alkanes) is 9. The van der Waals surface area contributed by atoms with E-state index in [0.717, 1.165) is 51.4 Å². The van der Waals surface area contributed by atoms with Crippen molar-refractivity contribution in [3.63, 3.8) is 0 Å². The quantitative estimate of drug-likeness (QED) is 0.0462. The summed E-state index contributed by atoms with van der Waals surface area (Å²) in [4.78, 5) is 96.1. The van der Waals surface area contributed by atoms with Gasteiger partial charge in [-0.05, 0) is 31.1 Å². The highest BCUT2D eigenvalue weighted by Crippen LogP contribution is 2.16. The summed E-state index contributed by atoms with van der Waals surface area (Å²) in [6, 6.07) is -5.95. The van der Waals surface area contributed by atoms with Crippen molar-refractivity contribution in [3.8, 4) is 0 Å². The summed E-state index contributed by atoms with van der Waals surface area (Å²) in [5.74, 6) is -7.71. The highest BCUT2D eigenvalue weighted by molar-refractivity contribution is 5.97. The minimum absolute atomic E-state index is 0.0856. The van der Waals surface area contributed by atoms with Gasteiger partial charge in [0.25, 0.3) is 5.91 Å². The van der Waals surface area contributed by atoms with Gasteiger partial charge in [-0.25, -0.2) is 5.06 Å². The van der Waals surface area contributed by atoms with E-state index >= 15 is 0 Å². The van der Waals surface area contributed by atoms with E-state index in [9.17, 15) is 43.8 Å². The smallest absolute Gasteiger partial charge is 0.306 e. The number of carbonyl (C=O) groups excluding carboxylic acids is 5. The lowest BCUT2D eigenvalue weighted by atomic mass is 9.97. The van der Waals surface area contributed by atoms with Gasteiger partial charge in [-0.1, -0.05) is 106 Å². The summed E-state index contributed by atoms with van der Waals surface area (Å²) < 4.78 is 0. The predicted octanol–water partition coefficient (Wildman–Crippen LogP) is 3.82. The Balaban J connectivity index is 6.48. The molecule has 294 valence electrons. The SMILES string of the molecule is CCCCCCCCON(C(=O)[C@H](CC(=O)O)NC(=O)[C@@H](NC(=O)CCCCCCC)[C@@H](C)CC)[C@@H](CC(=O)O)C(=O)N[C@@H](CC(C)C)C(N)=O. The standard InChI is InChI=1S/C36H65N5O10/c1-7-10-12-14-16-18-20-51-41(28(23-31(45)46)34(48)38-26(33(37)47)21-24(4)5)36(50)27(22-30(43)44)39-35(49)32(25(6)9-3)40-29(42)19-17-15-13-11-8-2/h24-28,32H,7-23H2,1-6H3,(H2,37,47)(H,38,48)(H,39,49)(H,40,42)(H,43,44)(H,45,46)/t25-,26-,27-,28-,32-/m0/s1. The van der Waals surface area contributed by atoms with Gasteiger partial charge in [-0.15, -0.1) is 0 Å². The zero-order valence-electron chi connectivity index (χ0n) is 31.7. The Hall–Kier alpha value is -3.75. The molecular formula is C36H65N5O10. The minimum Gasteiger partial charge on any atom is -0.481 e. The van der Waals surface area contributed by atoms with E-state index in [1.165, 1.54) is 0 Å². The van der Waals surface area contributed by atoms with Crippen LogP contribution in [-0.2, 0) is 38.4 Å². The molecule has 0 aromatic rings. The Morgan fingerprint density at radius 3 is 1.73 bits per heavy atom. The van der Waals surface area contributed by atoms with E-state index in [1.807, 2.05) is 6.92 Å². The van der Waals surface area contributed by atoms with Crippen LogP contribution in [-0.4, -0.2) is 87.5 Å². The summed E-state index contributed by atoms with van der Waals surface area (Å²) in [6.07, 6.45) is 8.54. The Morgan fingerprint density at radius 2 is 1.22 bits per heavy atom. The number of hydroxylamine groups is 2. The van der Waals surface area contributed by atoms with Crippen molar-refractivity contribution in [3.05, 3.63) is 0 Å². The van der Waals surface area contributed by atoms with Crippen molar-refractivity contribution < 1.29 is 48.6 Å². The molecule has 0 bridgehead atoms. The average Bonchev–Trinajstić information content (AvgIpc) is 3.05. The molecule has 0 aliphatic rings.